The summed E-state index contributed by atoms with van der Waals surface area (Å²) in [5, 5.41) is 46.9. The molecule has 0 amide bonds. The van der Waals surface area contributed by atoms with Gasteiger partial charge in [0, 0.05) is 36.5 Å². The van der Waals surface area contributed by atoms with E-state index in [1.54, 1.807) is 0 Å². The Labute approximate surface area is 279 Å². The molecule has 0 unspecified atom stereocenters. The SMILES string of the molecule is O=C(O)/C=C\C(=O)O.O=C(O)/C=C\C(=O)O.O=C(O)/C=C\C(=O)O.[KH].[KH].[KH]. The van der Waals surface area contributed by atoms with Crippen molar-refractivity contribution in [1.29, 1.82) is 0 Å². The van der Waals surface area contributed by atoms with Crippen LogP contribution >= 0.6 is 0 Å². The molecule has 15 heteroatoms. The molecule has 0 aromatic rings. The molecule has 6 N–H and O–H groups in total. The van der Waals surface area contributed by atoms with Crippen LogP contribution in [0.5, 0.6) is 0 Å². The third kappa shape index (κ3) is 65.9. The number of rotatable bonds is 6. The topological polar surface area (TPSA) is 224 Å². The molecule has 138 valence electrons. The van der Waals surface area contributed by atoms with Crippen molar-refractivity contribution in [3.05, 3.63) is 36.5 Å². The van der Waals surface area contributed by atoms with E-state index in [4.69, 9.17) is 30.6 Å². The van der Waals surface area contributed by atoms with E-state index in [1.165, 1.54) is 0 Å². The fourth-order valence-corrected chi connectivity index (χ4v) is 0.428. The van der Waals surface area contributed by atoms with Crippen LogP contribution in [0.4, 0.5) is 0 Å². The maximum atomic E-state index is 9.55. The summed E-state index contributed by atoms with van der Waals surface area (Å²) in [5.41, 5.74) is 0. The summed E-state index contributed by atoms with van der Waals surface area (Å²) in [6, 6.07) is 0. The fraction of sp³-hybridized carbons (Fsp3) is 0. The van der Waals surface area contributed by atoms with Gasteiger partial charge >= 0.3 is 190 Å². The summed E-state index contributed by atoms with van der Waals surface area (Å²) in [6.45, 7) is 0. The predicted molar refractivity (Wildman–Crippen MR) is 94.7 cm³/mol. The summed E-state index contributed by atoms with van der Waals surface area (Å²) in [6.07, 6.45) is 3.35. The van der Waals surface area contributed by atoms with Gasteiger partial charge < -0.3 is 30.6 Å². The van der Waals surface area contributed by atoms with Crippen LogP contribution in [0.15, 0.2) is 36.5 Å². The van der Waals surface area contributed by atoms with Crippen LogP contribution in [0.1, 0.15) is 0 Å². The second kappa shape index (κ2) is 29.2. The number of hydrogen-bond acceptors (Lipinski definition) is 6. The van der Waals surface area contributed by atoms with Gasteiger partial charge in [-0.15, -0.1) is 0 Å². The first-order chi connectivity index (χ1) is 10.9. The van der Waals surface area contributed by atoms with Gasteiger partial charge in [0.25, 0.3) is 0 Å². The van der Waals surface area contributed by atoms with Crippen molar-refractivity contribution in [2.75, 3.05) is 0 Å². The van der Waals surface area contributed by atoms with Crippen molar-refractivity contribution in [2.24, 2.45) is 0 Å². The molecule has 0 fully saturated rings. The third-order valence-electron chi connectivity index (χ3n) is 1.11. The number of carbonyl (C=O) groups is 6. The van der Waals surface area contributed by atoms with Crippen molar-refractivity contribution in [3.8, 4) is 0 Å². The van der Waals surface area contributed by atoms with E-state index in [-0.39, 0.29) is 154 Å². The molecule has 0 aliphatic rings. The Kier molecular flexibility index (Phi) is 45.5. The van der Waals surface area contributed by atoms with E-state index in [0.29, 0.717) is 36.5 Å². The van der Waals surface area contributed by atoms with Crippen molar-refractivity contribution < 1.29 is 59.4 Å². The van der Waals surface area contributed by atoms with Crippen molar-refractivity contribution in [1.82, 2.24) is 0 Å². The number of hydrogen-bond donors (Lipinski definition) is 6. The van der Waals surface area contributed by atoms with Gasteiger partial charge in [-0.3, -0.25) is 0 Å². The molecule has 0 radical (unpaired) electrons. The zero-order valence-corrected chi connectivity index (χ0v) is 11.6. The molecule has 0 atom stereocenters. The van der Waals surface area contributed by atoms with Crippen LogP contribution < -0.4 is 0 Å². The second-order valence-corrected chi connectivity index (χ2v) is 3.03. The Hall–Kier alpha value is 0.949. The second-order valence-electron chi connectivity index (χ2n) is 3.03. The van der Waals surface area contributed by atoms with E-state index in [1.807, 2.05) is 0 Å². The summed E-state index contributed by atoms with van der Waals surface area (Å²) >= 11 is 0. The molecular weight excluding hydrogens is 453 g/mol. The molecule has 0 rings (SSSR count). The monoisotopic (exact) mass is 468 g/mol. The number of carboxylic acids is 6. The van der Waals surface area contributed by atoms with Crippen LogP contribution in [-0.4, -0.2) is 221 Å². The van der Waals surface area contributed by atoms with E-state index >= 15 is 0 Å². The molecule has 27 heavy (non-hydrogen) atoms. The van der Waals surface area contributed by atoms with Gasteiger partial charge in [-0.2, -0.15) is 0 Å². The van der Waals surface area contributed by atoms with Gasteiger partial charge in [-0.1, -0.05) is 0 Å². The van der Waals surface area contributed by atoms with Crippen LogP contribution in [0, 0.1) is 0 Å². The zero-order valence-electron chi connectivity index (χ0n) is 11.6. The van der Waals surface area contributed by atoms with Gasteiger partial charge in [0.15, 0.2) is 0 Å². The molecule has 12 nitrogen and oxygen atoms in total. The van der Waals surface area contributed by atoms with Crippen LogP contribution in [0.25, 0.3) is 0 Å². The molecule has 0 aliphatic heterocycles. The van der Waals surface area contributed by atoms with Gasteiger partial charge in [0.05, 0.1) is 0 Å². The standard InChI is InChI=1S/3C4H4O4.3K.3H/c3*5-3(6)1-2-4(7)8;;;;;;/h3*1-2H,(H,5,6)(H,7,8);;;;;;/b3*2-1-;;;;;;. The van der Waals surface area contributed by atoms with E-state index in [2.05, 4.69) is 0 Å². The molecule has 0 heterocycles. The Morgan fingerprint density at radius 1 is 0.333 bits per heavy atom. The molecule has 0 spiro atoms. The van der Waals surface area contributed by atoms with Crippen LogP contribution in [-0.2, 0) is 28.8 Å². The van der Waals surface area contributed by atoms with Crippen molar-refractivity contribution >= 4 is 190 Å². The summed E-state index contributed by atoms with van der Waals surface area (Å²) in [4.78, 5) is 57.3. The normalized spacial score (nSPS) is 8.44. The quantitative estimate of drug-likeness (QED) is 0.172. The third-order valence-corrected chi connectivity index (χ3v) is 1.11. The Morgan fingerprint density at radius 2 is 0.407 bits per heavy atom. The van der Waals surface area contributed by atoms with Crippen molar-refractivity contribution in [3.63, 3.8) is 0 Å². The Balaban J connectivity index is -0.0000000580. The first-order valence-electron chi connectivity index (χ1n) is 5.30. The van der Waals surface area contributed by atoms with Gasteiger partial charge in [-0.05, 0) is 0 Å². The Bertz CT molecular complexity index is 451. The molecular formula is C12H15K3O12. The summed E-state index contributed by atoms with van der Waals surface area (Å²) in [5.74, 6) is -7.54. The summed E-state index contributed by atoms with van der Waals surface area (Å²) < 4.78 is 0. The molecule has 0 aromatic heterocycles. The zero-order chi connectivity index (χ0) is 19.7. The first kappa shape index (κ1) is 42.1. The molecule has 0 saturated carbocycles. The minimum absolute atomic E-state index is 0. The van der Waals surface area contributed by atoms with Crippen molar-refractivity contribution in [2.45, 2.75) is 0 Å². The molecule has 0 saturated heterocycles. The summed E-state index contributed by atoms with van der Waals surface area (Å²) in [7, 11) is 0. The van der Waals surface area contributed by atoms with Gasteiger partial charge in [0.1, 0.15) is 0 Å². The molecule has 0 aliphatic carbocycles. The van der Waals surface area contributed by atoms with Gasteiger partial charge in [-0.25, -0.2) is 28.8 Å². The average molecular weight is 469 g/mol. The molecule has 0 bridgehead atoms. The predicted octanol–water partition coefficient (Wildman–Crippen LogP) is -2.81. The van der Waals surface area contributed by atoms with Crippen LogP contribution in [0.2, 0.25) is 0 Å². The first-order valence-corrected chi connectivity index (χ1v) is 5.30. The maximum absolute atomic E-state index is 9.55. The number of aliphatic carboxylic acids is 6. The fourth-order valence-electron chi connectivity index (χ4n) is 0.428. The Morgan fingerprint density at radius 3 is 0.444 bits per heavy atom. The van der Waals surface area contributed by atoms with Crippen LogP contribution in [0.3, 0.4) is 0 Å². The number of carboxylic acid groups (broad SMARTS) is 6. The minimum atomic E-state index is -1.26. The van der Waals surface area contributed by atoms with E-state index in [9.17, 15) is 28.8 Å². The average Bonchev–Trinajstić information content (AvgIpc) is 2.42. The van der Waals surface area contributed by atoms with E-state index in [0.717, 1.165) is 0 Å². The van der Waals surface area contributed by atoms with E-state index < -0.39 is 35.8 Å². The van der Waals surface area contributed by atoms with Gasteiger partial charge in [0.2, 0.25) is 0 Å². The molecule has 0 aromatic carbocycles.